The quantitative estimate of drug-likeness (QED) is 0.182. The first-order valence-electron chi connectivity index (χ1n) is 13.3. The molecule has 0 N–H and O–H groups in total. The number of anilines is 2. The van der Waals surface area contributed by atoms with Crippen LogP contribution in [0.15, 0.2) is 74.2 Å². The number of hydrogen-bond acceptors (Lipinski definition) is 8. The SMILES string of the molecule is CCN1C(=O)C2(c3ccccc31)c1c(oc3cc(C)c(C)cc3c1=O)C(=O)N2c1nnc(SCc2ccccc2F)s1. The van der Waals surface area contributed by atoms with Gasteiger partial charge in [0.25, 0.3) is 11.8 Å². The highest BCUT2D eigenvalue weighted by atomic mass is 32.2. The third kappa shape index (κ3) is 3.56. The van der Waals surface area contributed by atoms with Crippen LogP contribution in [-0.4, -0.2) is 28.6 Å². The summed E-state index contributed by atoms with van der Waals surface area (Å²) in [6.45, 7) is 5.96. The van der Waals surface area contributed by atoms with Gasteiger partial charge in [0.15, 0.2) is 15.3 Å². The second-order valence-electron chi connectivity index (χ2n) is 10.2. The third-order valence-electron chi connectivity index (χ3n) is 7.95. The predicted molar refractivity (Wildman–Crippen MR) is 160 cm³/mol. The number of carbonyl (C=O) groups is 2. The normalized spacial score (nSPS) is 17.5. The molecule has 2 aliphatic rings. The number of halogens is 1. The van der Waals surface area contributed by atoms with Gasteiger partial charge in [0, 0.05) is 17.9 Å². The van der Waals surface area contributed by atoms with Gasteiger partial charge >= 0.3 is 0 Å². The van der Waals surface area contributed by atoms with Crippen molar-refractivity contribution in [3.8, 4) is 0 Å². The summed E-state index contributed by atoms with van der Waals surface area (Å²) in [5.41, 5.74) is 1.39. The lowest BCUT2D eigenvalue weighted by Gasteiger charge is -2.31. The molecule has 2 aliphatic heterocycles. The summed E-state index contributed by atoms with van der Waals surface area (Å²) in [6, 6.07) is 17.1. The van der Waals surface area contributed by atoms with Crippen LogP contribution in [0.25, 0.3) is 11.0 Å². The Bertz CT molecular complexity index is 2020. The van der Waals surface area contributed by atoms with E-state index in [0.717, 1.165) is 22.5 Å². The fourth-order valence-corrected chi connectivity index (χ4v) is 7.72. The number of carbonyl (C=O) groups excluding carboxylic acids is 2. The first-order chi connectivity index (χ1) is 20.3. The van der Waals surface area contributed by atoms with Gasteiger partial charge in [0.2, 0.25) is 10.9 Å². The number of thioether (sulfide) groups is 1. The molecular weight excluding hydrogens is 575 g/mol. The molecule has 0 radical (unpaired) electrons. The Hall–Kier alpha value is -4.35. The number of fused-ring (bicyclic) bond motifs is 5. The summed E-state index contributed by atoms with van der Waals surface area (Å²) >= 11 is 2.37. The first kappa shape index (κ1) is 26.5. The molecule has 2 aromatic heterocycles. The molecule has 42 heavy (non-hydrogen) atoms. The predicted octanol–water partition coefficient (Wildman–Crippen LogP) is 5.96. The zero-order valence-corrected chi connectivity index (χ0v) is 24.4. The summed E-state index contributed by atoms with van der Waals surface area (Å²) in [6.07, 6.45) is 0. The van der Waals surface area contributed by atoms with Gasteiger partial charge < -0.3 is 9.32 Å². The van der Waals surface area contributed by atoms with Crippen LogP contribution in [0, 0.1) is 19.7 Å². The molecule has 0 bridgehead atoms. The van der Waals surface area contributed by atoms with Gasteiger partial charge in [0.1, 0.15) is 11.4 Å². The van der Waals surface area contributed by atoms with Gasteiger partial charge in [-0.1, -0.05) is 59.5 Å². The third-order valence-corrected chi connectivity index (χ3v) is 10.0. The highest BCUT2D eigenvalue weighted by Crippen LogP contribution is 2.54. The van der Waals surface area contributed by atoms with E-state index in [9.17, 15) is 18.8 Å². The Morgan fingerprint density at radius 2 is 1.74 bits per heavy atom. The largest absolute Gasteiger partial charge is 0.450 e. The van der Waals surface area contributed by atoms with Gasteiger partial charge in [-0.2, -0.15) is 0 Å². The van der Waals surface area contributed by atoms with Crippen molar-refractivity contribution in [1.29, 1.82) is 0 Å². The molecule has 1 atom stereocenters. The molecule has 210 valence electrons. The lowest BCUT2D eigenvalue weighted by molar-refractivity contribution is -0.121. The lowest BCUT2D eigenvalue weighted by atomic mass is 9.84. The standard InChI is InChI=1S/C31H23FN4O4S2/c1-4-35-22-12-8-6-10-20(22)31(28(35)39)24-25(37)19-13-16(2)17(3)14-23(19)40-26(24)27(38)36(31)29-33-34-30(42-29)41-15-18-9-5-7-11-21(18)32/h5-14H,4,15H2,1-3H3. The van der Waals surface area contributed by atoms with E-state index in [2.05, 4.69) is 10.2 Å². The van der Waals surface area contributed by atoms with Crippen LogP contribution in [0.2, 0.25) is 0 Å². The molecule has 4 heterocycles. The average Bonchev–Trinajstić information content (AvgIpc) is 3.62. The van der Waals surface area contributed by atoms with E-state index < -0.39 is 22.8 Å². The molecule has 0 saturated carbocycles. The number of amides is 2. The Morgan fingerprint density at radius 1 is 1.00 bits per heavy atom. The Kier molecular flexibility index (Phi) is 6.07. The molecule has 8 nitrogen and oxygen atoms in total. The summed E-state index contributed by atoms with van der Waals surface area (Å²) in [5.74, 6) is -1.30. The van der Waals surface area contributed by atoms with Gasteiger partial charge in [-0.3, -0.25) is 19.3 Å². The number of aromatic nitrogens is 2. The van der Waals surface area contributed by atoms with Crippen molar-refractivity contribution in [1.82, 2.24) is 10.2 Å². The minimum atomic E-state index is -1.82. The monoisotopic (exact) mass is 598 g/mol. The molecular formula is C31H23FN4O4S2. The number of nitrogens with zero attached hydrogens (tertiary/aromatic N) is 4. The maximum absolute atomic E-state index is 14.5. The minimum absolute atomic E-state index is 0.0209. The molecule has 5 aromatic rings. The van der Waals surface area contributed by atoms with Crippen LogP contribution in [0.4, 0.5) is 15.2 Å². The number of hydrogen-bond donors (Lipinski definition) is 0. The van der Waals surface area contributed by atoms with E-state index in [1.165, 1.54) is 22.7 Å². The Balaban J connectivity index is 1.45. The highest BCUT2D eigenvalue weighted by Gasteiger charge is 2.66. The molecule has 1 unspecified atom stereocenters. The highest BCUT2D eigenvalue weighted by molar-refractivity contribution is 8.00. The maximum atomic E-state index is 14.5. The zero-order valence-electron chi connectivity index (χ0n) is 22.8. The van der Waals surface area contributed by atoms with Crippen molar-refractivity contribution in [2.75, 3.05) is 16.3 Å². The number of likely N-dealkylation sites (N-methyl/N-ethyl adjacent to an activating group) is 1. The minimum Gasteiger partial charge on any atom is -0.450 e. The van der Waals surface area contributed by atoms with E-state index in [4.69, 9.17) is 4.42 Å². The van der Waals surface area contributed by atoms with E-state index in [1.54, 1.807) is 53.4 Å². The number of benzene rings is 3. The fourth-order valence-electron chi connectivity index (χ4n) is 5.84. The van der Waals surface area contributed by atoms with Gasteiger partial charge in [-0.15, -0.1) is 10.2 Å². The Morgan fingerprint density at radius 3 is 2.52 bits per heavy atom. The van der Waals surface area contributed by atoms with E-state index in [0.29, 0.717) is 38.8 Å². The molecule has 11 heteroatoms. The smallest absolute Gasteiger partial charge is 0.297 e. The van der Waals surface area contributed by atoms with Crippen LogP contribution in [-0.2, 0) is 16.1 Å². The summed E-state index contributed by atoms with van der Waals surface area (Å²) in [4.78, 5) is 46.0. The molecule has 0 saturated heterocycles. The number of aryl methyl sites for hydroxylation is 2. The van der Waals surface area contributed by atoms with E-state index in [1.807, 2.05) is 26.8 Å². The molecule has 2 amide bonds. The molecule has 0 aliphatic carbocycles. The average molecular weight is 599 g/mol. The lowest BCUT2D eigenvalue weighted by Crippen LogP contribution is -2.53. The van der Waals surface area contributed by atoms with Gasteiger partial charge in [0.05, 0.1) is 16.6 Å². The summed E-state index contributed by atoms with van der Waals surface area (Å²) in [7, 11) is 0. The van der Waals surface area contributed by atoms with Crippen LogP contribution in [0.5, 0.6) is 0 Å². The van der Waals surface area contributed by atoms with E-state index >= 15 is 0 Å². The van der Waals surface area contributed by atoms with E-state index in [-0.39, 0.29) is 27.9 Å². The maximum Gasteiger partial charge on any atom is 0.297 e. The molecule has 0 fully saturated rings. The van der Waals surface area contributed by atoms with Crippen LogP contribution in [0.3, 0.4) is 0 Å². The molecule has 1 spiro atoms. The van der Waals surface area contributed by atoms with Crippen molar-refractivity contribution in [2.45, 2.75) is 36.4 Å². The van der Waals surface area contributed by atoms with Crippen molar-refractivity contribution < 1.29 is 18.4 Å². The first-order valence-corrected chi connectivity index (χ1v) is 15.1. The summed E-state index contributed by atoms with van der Waals surface area (Å²) in [5, 5.41) is 9.01. The second-order valence-corrected chi connectivity index (χ2v) is 12.4. The van der Waals surface area contributed by atoms with Gasteiger partial charge in [-0.25, -0.2) is 4.39 Å². The van der Waals surface area contributed by atoms with Crippen LogP contribution in [0.1, 0.15) is 45.3 Å². The molecule has 7 rings (SSSR count). The number of rotatable bonds is 5. The summed E-state index contributed by atoms with van der Waals surface area (Å²) < 4.78 is 20.9. The number of para-hydroxylation sites is 1. The van der Waals surface area contributed by atoms with Gasteiger partial charge in [-0.05, 0) is 61.7 Å². The second kappa shape index (κ2) is 9.60. The Labute approximate surface area is 247 Å². The van der Waals surface area contributed by atoms with Crippen molar-refractivity contribution in [3.63, 3.8) is 0 Å². The zero-order chi connectivity index (χ0) is 29.3. The van der Waals surface area contributed by atoms with Crippen LogP contribution < -0.4 is 15.2 Å². The fraction of sp³-hybridized carbons (Fsp3) is 0.194. The van der Waals surface area contributed by atoms with Crippen molar-refractivity contribution in [3.05, 3.63) is 110 Å². The van der Waals surface area contributed by atoms with Crippen molar-refractivity contribution in [2.24, 2.45) is 0 Å². The molecule has 3 aromatic carbocycles. The van der Waals surface area contributed by atoms with Crippen molar-refractivity contribution >= 4 is 56.7 Å². The van der Waals surface area contributed by atoms with Crippen LogP contribution >= 0.6 is 23.1 Å². The topological polar surface area (TPSA) is 96.6 Å².